The van der Waals surface area contributed by atoms with E-state index in [0.29, 0.717) is 51.2 Å². The number of urea groups is 1. The molecule has 0 radical (unpaired) electrons. The Labute approximate surface area is 204 Å². The van der Waals surface area contributed by atoms with Crippen LogP contribution in [0.3, 0.4) is 0 Å². The van der Waals surface area contributed by atoms with Crippen molar-refractivity contribution in [1.29, 1.82) is 0 Å². The van der Waals surface area contributed by atoms with E-state index < -0.39 is 5.54 Å². The van der Waals surface area contributed by atoms with Crippen molar-refractivity contribution in [2.75, 3.05) is 19.6 Å². The summed E-state index contributed by atoms with van der Waals surface area (Å²) in [6, 6.07) is 7.35. The van der Waals surface area contributed by atoms with Gasteiger partial charge in [0, 0.05) is 48.9 Å². The second-order valence-corrected chi connectivity index (χ2v) is 10.8. The van der Waals surface area contributed by atoms with Crippen LogP contribution in [0.2, 0.25) is 0 Å². The average Bonchev–Trinajstić information content (AvgIpc) is 3.61. The summed E-state index contributed by atoms with van der Waals surface area (Å²) in [5, 5.41) is 5.09. The number of nitrogens with zero attached hydrogens (tertiary/aromatic N) is 3. The Bertz CT molecular complexity index is 1010. The summed E-state index contributed by atoms with van der Waals surface area (Å²) < 4.78 is 0. The first-order valence-corrected chi connectivity index (χ1v) is 13.3. The number of thiophene rings is 1. The number of carbonyl (C=O) groups is 3. The maximum Gasteiger partial charge on any atom is 0.325 e. The molecule has 2 aromatic heterocycles. The van der Waals surface area contributed by atoms with E-state index in [1.807, 2.05) is 34.5 Å². The number of carbonyl (C=O) groups excluding carboxylic acids is 3. The van der Waals surface area contributed by atoms with Crippen LogP contribution < -0.4 is 5.32 Å². The van der Waals surface area contributed by atoms with Gasteiger partial charge < -0.3 is 10.2 Å². The van der Waals surface area contributed by atoms with Crippen molar-refractivity contribution in [3.63, 3.8) is 0 Å². The lowest BCUT2D eigenvalue weighted by Gasteiger charge is -2.41. The predicted molar refractivity (Wildman–Crippen MR) is 130 cm³/mol. The van der Waals surface area contributed by atoms with Crippen molar-refractivity contribution in [3.05, 3.63) is 52.5 Å². The largest absolute Gasteiger partial charge is 0.343 e. The molecule has 8 heteroatoms. The van der Waals surface area contributed by atoms with E-state index in [0.717, 1.165) is 23.3 Å². The van der Waals surface area contributed by atoms with Crippen molar-refractivity contribution in [2.45, 2.75) is 56.9 Å². The minimum Gasteiger partial charge on any atom is -0.343 e. The number of pyridine rings is 1. The molecule has 4 amide bonds. The first-order valence-electron chi connectivity index (χ1n) is 12.4. The number of aromatic nitrogens is 1. The third-order valence-electron chi connectivity index (χ3n) is 7.81. The molecule has 1 atom stereocenters. The Hall–Kier alpha value is -2.74. The van der Waals surface area contributed by atoms with E-state index in [9.17, 15) is 14.4 Å². The lowest BCUT2D eigenvalue weighted by atomic mass is 9.73. The van der Waals surface area contributed by atoms with E-state index >= 15 is 0 Å². The summed E-state index contributed by atoms with van der Waals surface area (Å²) in [5.74, 6) is 0.480. The van der Waals surface area contributed by atoms with Gasteiger partial charge in [-0.05, 0) is 61.5 Å². The van der Waals surface area contributed by atoms with E-state index in [4.69, 9.17) is 0 Å². The van der Waals surface area contributed by atoms with Crippen molar-refractivity contribution in [3.8, 4) is 0 Å². The van der Waals surface area contributed by atoms with E-state index in [-0.39, 0.29) is 23.8 Å². The molecule has 5 rings (SSSR count). The SMILES string of the molecule is O=C(CC1CCCC1)N1CCC(C2(c3cccnc3)NC(=O)N(CCc3cccs3)C2=O)CC1. The zero-order valence-corrected chi connectivity index (χ0v) is 20.3. The minimum atomic E-state index is -1.12. The number of imide groups is 1. The Kier molecular flexibility index (Phi) is 6.68. The molecule has 2 aromatic rings. The Morgan fingerprint density at radius 1 is 1.12 bits per heavy atom. The first kappa shape index (κ1) is 23.0. The molecule has 1 aliphatic carbocycles. The average molecular weight is 481 g/mol. The lowest BCUT2D eigenvalue weighted by molar-refractivity contribution is -0.136. The van der Waals surface area contributed by atoms with Crippen LogP contribution in [0.5, 0.6) is 0 Å². The van der Waals surface area contributed by atoms with E-state index in [1.165, 1.54) is 17.7 Å². The Morgan fingerprint density at radius 3 is 2.59 bits per heavy atom. The minimum absolute atomic E-state index is 0.0876. The fourth-order valence-corrected chi connectivity index (χ4v) is 6.63. The van der Waals surface area contributed by atoms with Gasteiger partial charge in [-0.3, -0.25) is 19.5 Å². The highest BCUT2D eigenvalue weighted by molar-refractivity contribution is 7.09. The summed E-state index contributed by atoms with van der Waals surface area (Å²) in [6.07, 6.45) is 10.8. The second kappa shape index (κ2) is 9.86. The van der Waals surface area contributed by atoms with Crippen molar-refractivity contribution in [2.24, 2.45) is 11.8 Å². The van der Waals surface area contributed by atoms with Crippen LogP contribution in [0.15, 0.2) is 42.0 Å². The van der Waals surface area contributed by atoms with Crippen LogP contribution in [-0.4, -0.2) is 52.3 Å². The second-order valence-electron chi connectivity index (χ2n) is 9.78. The van der Waals surface area contributed by atoms with Crippen LogP contribution in [0, 0.1) is 11.8 Å². The van der Waals surface area contributed by atoms with Gasteiger partial charge in [-0.2, -0.15) is 0 Å². The van der Waals surface area contributed by atoms with Gasteiger partial charge in [-0.25, -0.2) is 4.79 Å². The van der Waals surface area contributed by atoms with Crippen molar-refractivity contribution < 1.29 is 14.4 Å². The van der Waals surface area contributed by atoms with E-state index in [2.05, 4.69) is 10.3 Å². The van der Waals surface area contributed by atoms with Gasteiger partial charge in [0.15, 0.2) is 5.54 Å². The molecule has 0 spiro atoms. The molecule has 180 valence electrons. The van der Waals surface area contributed by atoms with Gasteiger partial charge in [0.25, 0.3) is 5.91 Å². The molecule has 1 unspecified atom stereocenters. The maximum atomic E-state index is 13.9. The van der Waals surface area contributed by atoms with Crippen molar-refractivity contribution >= 4 is 29.2 Å². The van der Waals surface area contributed by atoms with Crippen LogP contribution >= 0.6 is 11.3 Å². The highest BCUT2D eigenvalue weighted by atomic mass is 32.1. The number of rotatable bonds is 7. The van der Waals surface area contributed by atoms with Gasteiger partial charge in [0.05, 0.1) is 0 Å². The molecule has 3 fully saturated rings. The van der Waals surface area contributed by atoms with Crippen LogP contribution in [0.4, 0.5) is 4.79 Å². The van der Waals surface area contributed by atoms with Crippen LogP contribution in [0.25, 0.3) is 0 Å². The molecule has 34 heavy (non-hydrogen) atoms. The Balaban J connectivity index is 1.32. The number of piperidine rings is 1. The summed E-state index contributed by atoms with van der Waals surface area (Å²) in [4.78, 5) is 48.5. The fourth-order valence-electron chi connectivity index (χ4n) is 5.93. The zero-order chi connectivity index (χ0) is 23.5. The highest BCUT2D eigenvalue weighted by Crippen LogP contribution is 2.41. The standard InChI is InChI=1S/C26H32N4O3S/c31-23(17-19-5-1-2-6-19)29-13-9-20(10-14-29)26(21-7-3-12-27-18-21)24(32)30(25(33)28-26)15-11-22-8-4-16-34-22/h3-4,7-8,12,16,18-20H,1-2,5-6,9-11,13-15,17H2,(H,28,33). The number of likely N-dealkylation sites (tertiary alicyclic amines) is 1. The molecular weight excluding hydrogens is 448 g/mol. The molecule has 2 aliphatic heterocycles. The van der Waals surface area contributed by atoms with Crippen molar-refractivity contribution in [1.82, 2.24) is 20.1 Å². The molecule has 7 nitrogen and oxygen atoms in total. The van der Waals surface area contributed by atoms with Crippen LogP contribution in [-0.2, 0) is 21.5 Å². The summed E-state index contributed by atoms with van der Waals surface area (Å²) >= 11 is 1.63. The normalized spacial score (nSPS) is 24.1. The third kappa shape index (κ3) is 4.35. The highest BCUT2D eigenvalue weighted by Gasteiger charge is 2.57. The zero-order valence-electron chi connectivity index (χ0n) is 19.4. The van der Waals surface area contributed by atoms with Gasteiger partial charge in [-0.15, -0.1) is 11.3 Å². The molecule has 1 N–H and O–H groups in total. The lowest BCUT2D eigenvalue weighted by Crippen LogP contribution is -2.54. The number of hydrogen-bond donors (Lipinski definition) is 1. The van der Waals surface area contributed by atoms with E-state index in [1.54, 1.807) is 23.7 Å². The van der Waals surface area contributed by atoms with Crippen LogP contribution in [0.1, 0.15) is 55.4 Å². The van der Waals surface area contributed by atoms with Gasteiger partial charge in [0.1, 0.15) is 0 Å². The van der Waals surface area contributed by atoms with Gasteiger partial charge in [-0.1, -0.05) is 25.0 Å². The number of nitrogens with one attached hydrogen (secondary N) is 1. The first-order chi connectivity index (χ1) is 16.6. The number of amides is 4. The molecule has 1 saturated carbocycles. The molecule has 0 bridgehead atoms. The van der Waals surface area contributed by atoms with Gasteiger partial charge >= 0.3 is 6.03 Å². The quantitative estimate of drug-likeness (QED) is 0.609. The molecule has 0 aromatic carbocycles. The summed E-state index contributed by atoms with van der Waals surface area (Å²) in [5.41, 5.74) is -0.399. The fraction of sp³-hybridized carbons (Fsp3) is 0.538. The molecule has 3 aliphatic rings. The maximum absolute atomic E-state index is 13.9. The third-order valence-corrected chi connectivity index (χ3v) is 8.74. The smallest absolute Gasteiger partial charge is 0.325 e. The Morgan fingerprint density at radius 2 is 1.91 bits per heavy atom. The molecular formula is C26H32N4O3S. The molecule has 4 heterocycles. The monoisotopic (exact) mass is 480 g/mol. The predicted octanol–water partition coefficient (Wildman–Crippen LogP) is 3.95. The number of hydrogen-bond acceptors (Lipinski definition) is 5. The summed E-state index contributed by atoms with van der Waals surface area (Å²) in [6.45, 7) is 1.60. The van der Waals surface area contributed by atoms with Gasteiger partial charge in [0.2, 0.25) is 5.91 Å². The molecule has 2 saturated heterocycles. The topological polar surface area (TPSA) is 82.6 Å². The summed E-state index contributed by atoms with van der Waals surface area (Å²) in [7, 11) is 0.